The number of carbonyl (C=O) groups is 1. The van der Waals surface area contributed by atoms with Crippen molar-refractivity contribution in [1.29, 1.82) is 0 Å². The molecular weight excluding hydrogens is 252 g/mol. The Morgan fingerprint density at radius 2 is 1.65 bits per heavy atom. The summed E-state index contributed by atoms with van der Waals surface area (Å²) in [6.07, 6.45) is 16.2. The summed E-state index contributed by atoms with van der Waals surface area (Å²) in [6, 6.07) is 0. The zero-order chi connectivity index (χ0) is 14.2. The van der Waals surface area contributed by atoms with Crippen molar-refractivity contribution in [3.8, 4) is 0 Å². The van der Waals surface area contributed by atoms with Crippen LogP contribution in [0.4, 0.5) is 0 Å². The van der Waals surface area contributed by atoms with Gasteiger partial charge in [0.05, 0.1) is 19.3 Å². The molecule has 116 valence electrons. The first-order valence-electron chi connectivity index (χ1n) is 8.53. The molecule has 0 radical (unpaired) electrons. The SMILES string of the molecule is COC(=O)CCCCCCCCCC[C@@H]1CC[C@@H]2O[C@H]12. The van der Waals surface area contributed by atoms with Crippen LogP contribution in [0, 0.1) is 5.92 Å². The zero-order valence-corrected chi connectivity index (χ0v) is 12.9. The number of methoxy groups -OCH3 is 1. The Labute approximate surface area is 123 Å². The van der Waals surface area contributed by atoms with Gasteiger partial charge in [0.2, 0.25) is 0 Å². The minimum atomic E-state index is -0.0706. The van der Waals surface area contributed by atoms with Crippen LogP contribution in [0.5, 0.6) is 0 Å². The van der Waals surface area contributed by atoms with Gasteiger partial charge in [-0.1, -0.05) is 44.9 Å². The Hall–Kier alpha value is -0.570. The number of esters is 1. The fraction of sp³-hybridized carbons (Fsp3) is 0.941. The lowest BCUT2D eigenvalue weighted by molar-refractivity contribution is -0.140. The number of rotatable bonds is 11. The van der Waals surface area contributed by atoms with Crippen LogP contribution < -0.4 is 0 Å². The first kappa shape index (κ1) is 15.8. The summed E-state index contributed by atoms with van der Waals surface area (Å²) >= 11 is 0. The average molecular weight is 282 g/mol. The zero-order valence-electron chi connectivity index (χ0n) is 12.9. The Kier molecular flexibility index (Phi) is 6.85. The Morgan fingerprint density at radius 1 is 1.00 bits per heavy atom. The highest BCUT2D eigenvalue weighted by atomic mass is 16.6. The van der Waals surface area contributed by atoms with Crippen molar-refractivity contribution >= 4 is 5.97 Å². The second-order valence-corrected chi connectivity index (χ2v) is 6.42. The minimum absolute atomic E-state index is 0.0706. The normalized spacial score (nSPS) is 27.4. The highest BCUT2D eigenvalue weighted by Gasteiger charge is 2.49. The molecule has 0 amide bonds. The predicted octanol–water partition coefficient (Wildman–Crippen LogP) is 4.24. The van der Waals surface area contributed by atoms with E-state index in [1.807, 2.05) is 0 Å². The van der Waals surface area contributed by atoms with Crippen LogP contribution >= 0.6 is 0 Å². The van der Waals surface area contributed by atoms with Gasteiger partial charge in [-0.25, -0.2) is 0 Å². The summed E-state index contributed by atoms with van der Waals surface area (Å²) in [6.45, 7) is 0. The van der Waals surface area contributed by atoms with Crippen molar-refractivity contribution in [3.63, 3.8) is 0 Å². The smallest absolute Gasteiger partial charge is 0.305 e. The molecule has 3 heteroatoms. The van der Waals surface area contributed by atoms with Gasteiger partial charge >= 0.3 is 5.97 Å². The summed E-state index contributed by atoms with van der Waals surface area (Å²) in [4.78, 5) is 10.9. The van der Waals surface area contributed by atoms with Gasteiger partial charge in [-0.05, 0) is 31.6 Å². The van der Waals surface area contributed by atoms with Gasteiger partial charge < -0.3 is 9.47 Å². The van der Waals surface area contributed by atoms with Gasteiger partial charge in [0.15, 0.2) is 0 Å². The quantitative estimate of drug-likeness (QED) is 0.323. The number of ether oxygens (including phenoxy) is 2. The third-order valence-electron chi connectivity index (χ3n) is 4.84. The van der Waals surface area contributed by atoms with Crippen molar-refractivity contribution in [2.75, 3.05) is 7.11 Å². The van der Waals surface area contributed by atoms with E-state index in [9.17, 15) is 4.79 Å². The van der Waals surface area contributed by atoms with Crippen LogP contribution in [0.2, 0.25) is 0 Å². The molecule has 0 N–H and O–H groups in total. The monoisotopic (exact) mass is 282 g/mol. The van der Waals surface area contributed by atoms with Gasteiger partial charge in [0.1, 0.15) is 0 Å². The van der Waals surface area contributed by atoms with Crippen LogP contribution in [0.25, 0.3) is 0 Å². The Balaban J connectivity index is 1.29. The van der Waals surface area contributed by atoms with Crippen LogP contribution in [0.15, 0.2) is 0 Å². The van der Waals surface area contributed by atoms with E-state index in [0.29, 0.717) is 18.6 Å². The van der Waals surface area contributed by atoms with E-state index in [1.165, 1.54) is 64.9 Å². The van der Waals surface area contributed by atoms with E-state index >= 15 is 0 Å². The third-order valence-corrected chi connectivity index (χ3v) is 4.84. The first-order valence-corrected chi connectivity index (χ1v) is 8.53. The van der Waals surface area contributed by atoms with E-state index in [1.54, 1.807) is 0 Å². The second-order valence-electron chi connectivity index (χ2n) is 6.42. The predicted molar refractivity (Wildman–Crippen MR) is 79.6 cm³/mol. The van der Waals surface area contributed by atoms with E-state index in [4.69, 9.17) is 4.74 Å². The van der Waals surface area contributed by atoms with Gasteiger partial charge in [0, 0.05) is 6.42 Å². The number of hydrogen-bond donors (Lipinski definition) is 0. The number of carbonyl (C=O) groups excluding carboxylic acids is 1. The summed E-state index contributed by atoms with van der Waals surface area (Å²) < 4.78 is 10.2. The molecule has 2 rings (SSSR count). The van der Waals surface area contributed by atoms with Crippen LogP contribution in [0.3, 0.4) is 0 Å². The van der Waals surface area contributed by atoms with Gasteiger partial charge in [-0.2, -0.15) is 0 Å². The maximum absolute atomic E-state index is 10.9. The van der Waals surface area contributed by atoms with Gasteiger partial charge in [-0.15, -0.1) is 0 Å². The lowest BCUT2D eigenvalue weighted by atomic mass is 9.98. The van der Waals surface area contributed by atoms with E-state index in [-0.39, 0.29) is 5.97 Å². The molecule has 1 saturated heterocycles. The lowest BCUT2D eigenvalue weighted by Gasteiger charge is -2.09. The standard InChI is InChI=1S/C17H30O3/c1-19-16(18)11-9-7-5-3-2-4-6-8-10-14-12-13-15-17(14)20-15/h14-15,17H,2-13H2,1H3/t14-,15+,17-/m1/s1. The Bertz CT molecular complexity index is 290. The molecule has 0 aromatic carbocycles. The van der Waals surface area contributed by atoms with E-state index < -0.39 is 0 Å². The van der Waals surface area contributed by atoms with Crippen molar-refractivity contribution in [3.05, 3.63) is 0 Å². The molecule has 3 nitrogen and oxygen atoms in total. The minimum Gasteiger partial charge on any atom is -0.469 e. The van der Waals surface area contributed by atoms with Crippen molar-refractivity contribution in [2.24, 2.45) is 5.92 Å². The average Bonchev–Trinajstić information content (AvgIpc) is 3.14. The van der Waals surface area contributed by atoms with E-state index in [2.05, 4.69) is 4.74 Å². The summed E-state index contributed by atoms with van der Waals surface area (Å²) in [5.41, 5.74) is 0. The molecule has 0 unspecified atom stereocenters. The molecule has 2 aliphatic rings. The van der Waals surface area contributed by atoms with Crippen molar-refractivity contribution in [1.82, 2.24) is 0 Å². The molecule has 0 aromatic heterocycles. The summed E-state index contributed by atoms with van der Waals surface area (Å²) in [5.74, 6) is 0.817. The van der Waals surface area contributed by atoms with Crippen LogP contribution in [-0.4, -0.2) is 25.3 Å². The Morgan fingerprint density at radius 3 is 2.20 bits per heavy atom. The molecule has 0 spiro atoms. The number of epoxide rings is 1. The second kappa shape index (κ2) is 8.66. The topological polar surface area (TPSA) is 38.8 Å². The molecule has 1 aliphatic carbocycles. The molecule has 0 bridgehead atoms. The molecule has 1 aliphatic heterocycles. The van der Waals surface area contributed by atoms with E-state index in [0.717, 1.165) is 18.8 Å². The lowest BCUT2D eigenvalue weighted by Crippen LogP contribution is -2.03. The van der Waals surface area contributed by atoms with Crippen LogP contribution in [-0.2, 0) is 14.3 Å². The molecule has 20 heavy (non-hydrogen) atoms. The van der Waals surface area contributed by atoms with Crippen molar-refractivity contribution in [2.45, 2.75) is 89.3 Å². The molecular formula is C17H30O3. The largest absolute Gasteiger partial charge is 0.469 e. The molecule has 1 saturated carbocycles. The van der Waals surface area contributed by atoms with Crippen LogP contribution in [0.1, 0.15) is 77.0 Å². The summed E-state index contributed by atoms with van der Waals surface area (Å²) in [7, 11) is 1.46. The van der Waals surface area contributed by atoms with Gasteiger partial charge in [-0.3, -0.25) is 4.79 Å². The fourth-order valence-electron chi connectivity index (χ4n) is 3.49. The number of unbranched alkanes of at least 4 members (excludes halogenated alkanes) is 7. The first-order chi connectivity index (χ1) is 9.81. The fourth-order valence-corrected chi connectivity index (χ4v) is 3.49. The molecule has 2 fully saturated rings. The van der Waals surface area contributed by atoms with Crippen molar-refractivity contribution < 1.29 is 14.3 Å². The maximum atomic E-state index is 10.9. The highest BCUT2D eigenvalue weighted by Crippen LogP contribution is 2.45. The molecule has 0 aromatic rings. The summed E-state index contributed by atoms with van der Waals surface area (Å²) in [5, 5.41) is 0. The third kappa shape index (κ3) is 5.43. The maximum Gasteiger partial charge on any atom is 0.305 e. The van der Waals surface area contributed by atoms with Gasteiger partial charge in [0.25, 0.3) is 0 Å². The number of hydrogen-bond acceptors (Lipinski definition) is 3. The highest BCUT2D eigenvalue weighted by molar-refractivity contribution is 5.68. The number of fused-ring (bicyclic) bond motifs is 1. The molecule has 3 atom stereocenters. The molecule has 1 heterocycles.